The van der Waals surface area contributed by atoms with Gasteiger partial charge in [-0.05, 0) is 42.3 Å². The summed E-state index contributed by atoms with van der Waals surface area (Å²) in [6, 6.07) is 9.47. The molecule has 0 aromatic heterocycles. The lowest BCUT2D eigenvalue weighted by Crippen LogP contribution is -2.33. The fourth-order valence-electron chi connectivity index (χ4n) is 2.60. The van der Waals surface area contributed by atoms with Crippen LogP contribution in [0, 0.1) is 11.8 Å². The molecule has 0 aliphatic heterocycles. The van der Waals surface area contributed by atoms with Gasteiger partial charge in [0.2, 0.25) is 0 Å². The minimum Gasteiger partial charge on any atom is -0.309 e. The summed E-state index contributed by atoms with van der Waals surface area (Å²) in [5, 5.41) is 3.73. The summed E-state index contributed by atoms with van der Waals surface area (Å²) in [5.74, 6) is 1.48. The zero-order valence-electron chi connectivity index (χ0n) is 10.7. The molecule has 2 rings (SSSR count). The van der Waals surface area contributed by atoms with Crippen LogP contribution >= 0.6 is 0 Å². The molecule has 0 saturated heterocycles. The van der Waals surface area contributed by atoms with E-state index in [1.807, 2.05) is 0 Å². The Morgan fingerprint density at radius 1 is 1.31 bits per heavy atom. The Kier molecular flexibility index (Phi) is 3.65. The van der Waals surface area contributed by atoms with E-state index in [9.17, 15) is 0 Å². The van der Waals surface area contributed by atoms with Crippen molar-refractivity contribution >= 4 is 0 Å². The maximum Gasteiger partial charge on any atom is 0.0348 e. The molecule has 0 amide bonds. The highest BCUT2D eigenvalue weighted by Crippen LogP contribution is 2.33. The summed E-state index contributed by atoms with van der Waals surface area (Å²) in [6.45, 7) is 8.02. The van der Waals surface area contributed by atoms with Gasteiger partial charge in [0.25, 0.3) is 0 Å². The van der Waals surface area contributed by atoms with Crippen LogP contribution in [0.15, 0.2) is 24.3 Å². The zero-order chi connectivity index (χ0) is 11.5. The molecule has 1 N–H and O–H groups in total. The van der Waals surface area contributed by atoms with E-state index in [-0.39, 0.29) is 0 Å². The van der Waals surface area contributed by atoms with Gasteiger partial charge in [0.15, 0.2) is 0 Å². The van der Waals surface area contributed by atoms with E-state index in [0.29, 0.717) is 6.04 Å². The largest absolute Gasteiger partial charge is 0.309 e. The maximum atomic E-state index is 3.73. The van der Waals surface area contributed by atoms with Crippen molar-refractivity contribution in [3.63, 3.8) is 0 Å². The fraction of sp³-hybridized carbons (Fsp3) is 0.600. The third kappa shape index (κ3) is 2.46. The van der Waals surface area contributed by atoms with Crippen LogP contribution in [0.3, 0.4) is 0 Å². The van der Waals surface area contributed by atoms with E-state index in [2.05, 4.69) is 50.4 Å². The van der Waals surface area contributed by atoms with Crippen LogP contribution in [0.4, 0.5) is 0 Å². The molecule has 0 heterocycles. The molecule has 1 nitrogen and oxygen atoms in total. The minimum absolute atomic E-state index is 0.562. The second kappa shape index (κ2) is 5.01. The molecule has 0 bridgehead atoms. The smallest absolute Gasteiger partial charge is 0.0348 e. The molecule has 1 heteroatoms. The molecular formula is C15H23N. The Morgan fingerprint density at radius 3 is 2.81 bits per heavy atom. The van der Waals surface area contributed by atoms with Crippen molar-refractivity contribution in [2.45, 2.75) is 39.7 Å². The highest BCUT2D eigenvalue weighted by atomic mass is 14.9. The van der Waals surface area contributed by atoms with Gasteiger partial charge >= 0.3 is 0 Å². The average molecular weight is 217 g/mol. The lowest BCUT2D eigenvalue weighted by molar-refractivity contribution is 0.331. The van der Waals surface area contributed by atoms with E-state index in [1.165, 1.54) is 18.4 Å². The molecular weight excluding hydrogens is 194 g/mol. The summed E-state index contributed by atoms with van der Waals surface area (Å²) in [7, 11) is 0. The van der Waals surface area contributed by atoms with Crippen molar-refractivity contribution in [1.29, 1.82) is 0 Å². The summed E-state index contributed by atoms with van der Waals surface area (Å²) >= 11 is 0. The van der Waals surface area contributed by atoms with Crippen molar-refractivity contribution in [3.05, 3.63) is 35.4 Å². The van der Waals surface area contributed by atoms with Gasteiger partial charge in [-0.3, -0.25) is 0 Å². The van der Waals surface area contributed by atoms with Gasteiger partial charge in [-0.2, -0.15) is 0 Å². The summed E-state index contributed by atoms with van der Waals surface area (Å²) in [4.78, 5) is 0. The third-order valence-electron chi connectivity index (χ3n) is 3.57. The molecule has 1 aliphatic rings. The summed E-state index contributed by atoms with van der Waals surface area (Å²) in [5.41, 5.74) is 3.07. The first kappa shape index (κ1) is 11.7. The number of fused-ring (bicyclic) bond motifs is 1. The Hall–Kier alpha value is -0.820. The summed E-state index contributed by atoms with van der Waals surface area (Å²) in [6.07, 6.45) is 2.56. The molecule has 16 heavy (non-hydrogen) atoms. The normalized spacial score (nSPS) is 24.5. The van der Waals surface area contributed by atoms with Gasteiger partial charge in [0, 0.05) is 6.04 Å². The lowest BCUT2D eigenvalue weighted by atomic mass is 9.80. The molecule has 0 fully saturated rings. The Labute approximate surface area is 99.3 Å². The molecule has 1 aromatic rings. The number of hydrogen-bond donors (Lipinski definition) is 1. The average Bonchev–Trinajstić information content (AvgIpc) is 2.27. The van der Waals surface area contributed by atoms with E-state index in [4.69, 9.17) is 0 Å². The molecule has 0 saturated carbocycles. The SMILES string of the molecule is CC(C)CNC1c2ccccc2CCC1C. The molecule has 2 unspecified atom stereocenters. The highest BCUT2D eigenvalue weighted by molar-refractivity contribution is 5.32. The predicted octanol–water partition coefficient (Wildman–Crippen LogP) is 3.56. The first-order valence-electron chi connectivity index (χ1n) is 6.49. The van der Waals surface area contributed by atoms with Crippen molar-refractivity contribution in [2.24, 2.45) is 11.8 Å². The van der Waals surface area contributed by atoms with Crippen molar-refractivity contribution in [1.82, 2.24) is 5.32 Å². The molecule has 2 atom stereocenters. The number of nitrogens with one attached hydrogen (secondary N) is 1. The number of hydrogen-bond acceptors (Lipinski definition) is 1. The van der Waals surface area contributed by atoms with Crippen LogP contribution in [0.5, 0.6) is 0 Å². The molecule has 1 aromatic carbocycles. The van der Waals surface area contributed by atoms with Crippen molar-refractivity contribution < 1.29 is 0 Å². The number of aryl methyl sites for hydroxylation is 1. The lowest BCUT2D eigenvalue weighted by Gasteiger charge is -2.32. The quantitative estimate of drug-likeness (QED) is 0.816. The van der Waals surface area contributed by atoms with Crippen LogP contribution in [0.25, 0.3) is 0 Å². The first-order chi connectivity index (χ1) is 7.68. The van der Waals surface area contributed by atoms with Crippen LogP contribution in [-0.2, 0) is 6.42 Å². The Balaban J connectivity index is 2.16. The van der Waals surface area contributed by atoms with Crippen molar-refractivity contribution in [2.75, 3.05) is 6.54 Å². The van der Waals surface area contributed by atoms with Gasteiger partial charge in [-0.15, -0.1) is 0 Å². The molecule has 0 spiro atoms. The van der Waals surface area contributed by atoms with Crippen molar-refractivity contribution in [3.8, 4) is 0 Å². The second-order valence-corrected chi connectivity index (χ2v) is 5.49. The molecule has 0 radical (unpaired) electrons. The minimum atomic E-state index is 0.562. The third-order valence-corrected chi connectivity index (χ3v) is 3.57. The zero-order valence-corrected chi connectivity index (χ0v) is 10.7. The van der Waals surface area contributed by atoms with Crippen LogP contribution in [0.1, 0.15) is 44.4 Å². The Bertz CT molecular complexity index is 343. The summed E-state index contributed by atoms with van der Waals surface area (Å²) < 4.78 is 0. The van der Waals surface area contributed by atoms with Gasteiger partial charge in [0.05, 0.1) is 0 Å². The van der Waals surface area contributed by atoms with E-state index >= 15 is 0 Å². The number of benzene rings is 1. The van der Waals surface area contributed by atoms with E-state index < -0.39 is 0 Å². The highest BCUT2D eigenvalue weighted by Gasteiger charge is 2.25. The second-order valence-electron chi connectivity index (χ2n) is 5.49. The van der Waals surface area contributed by atoms with Gasteiger partial charge in [-0.25, -0.2) is 0 Å². The van der Waals surface area contributed by atoms with Crippen LogP contribution in [0.2, 0.25) is 0 Å². The molecule has 88 valence electrons. The topological polar surface area (TPSA) is 12.0 Å². The molecule has 1 aliphatic carbocycles. The maximum absolute atomic E-state index is 3.73. The standard InChI is InChI=1S/C15H23N/c1-11(2)10-16-15-12(3)8-9-13-6-4-5-7-14(13)15/h4-7,11-12,15-16H,8-10H2,1-3H3. The van der Waals surface area contributed by atoms with Crippen LogP contribution < -0.4 is 5.32 Å². The van der Waals surface area contributed by atoms with Crippen LogP contribution in [-0.4, -0.2) is 6.54 Å². The van der Waals surface area contributed by atoms with Gasteiger partial charge in [-0.1, -0.05) is 45.0 Å². The fourth-order valence-corrected chi connectivity index (χ4v) is 2.60. The van der Waals surface area contributed by atoms with Gasteiger partial charge in [0.1, 0.15) is 0 Å². The predicted molar refractivity (Wildman–Crippen MR) is 69.5 cm³/mol. The van der Waals surface area contributed by atoms with E-state index in [1.54, 1.807) is 5.56 Å². The first-order valence-corrected chi connectivity index (χ1v) is 6.49. The monoisotopic (exact) mass is 217 g/mol. The van der Waals surface area contributed by atoms with E-state index in [0.717, 1.165) is 18.4 Å². The van der Waals surface area contributed by atoms with Gasteiger partial charge < -0.3 is 5.32 Å². The Morgan fingerprint density at radius 2 is 2.06 bits per heavy atom. The number of rotatable bonds is 3.